The van der Waals surface area contributed by atoms with Gasteiger partial charge in [-0.05, 0) is 57.8 Å². The van der Waals surface area contributed by atoms with Crippen molar-refractivity contribution in [2.24, 2.45) is 5.92 Å². The predicted molar refractivity (Wildman–Crippen MR) is 88.2 cm³/mol. The highest BCUT2D eigenvalue weighted by Gasteiger charge is 2.21. The molecule has 1 heterocycles. The van der Waals surface area contributed by atoms with Crippen LogP contribution >= 0.6 is 0 Å². The van der Waals surface area contributed by atoms with Crippen LogP contribution in [-0.4, -0.2) is 55.1 Å². The van der Waals surface area contributed by atoms with E-state index in [4.69, 9.17) is 9.47 Å². The number of nitrogens with zero attached hydrogens (tertiary/aromatic N) is 1. The average molecular weight is 307 g/mol. The zero-order chi connectivity index (χ0) is 15.8. The van der Waals surface area contributed by atoms with Crippen LogP contribution in [-0.2, 0) is 4.74 Å². The van der Waals surface area contributed by atoms with Crippen molar-refractivity contribution in [1.82, 2.24) is 4.90 Å². The van der Waals surface area contributed by atoms with E-state index in [9.17, 15) is 5.11 Å². The molecule has 124 valence electrons. The number of likely N-dealkylation sites (tertiary alicyclic amines) is 1. The summed E-state index contributed by atoms with van der Waals surface area (Å²) in [5.41, 5.74) is 0. The van der Waals surface area contributed by atoms with Gasteiger partial charge in [0, 0.05) is 6.54 Å². The minimum absolute atomic E-state index is 0.176. The van der Waals surface area contributed by atoms with Gasteiger partial charge in [0.25, 0.3) is 0 Å². The molecular formula is C18H29NO3. The van der Waals surface area contributed by atoms with Gasteiger partial charge in [0.05, 0.1) is 25.4 Å². The lowest BCUT2D eigenvalue weighted by Crippen LogP contribution is -2.41. The molecule has 1 saturated heterocycles. The Hall–Kier alpha value is -1.10. The molecule has 1 aromatic carbocycles. The molecule has 0 spiro atoms. The van der Waals surface area contributed by atoms with Crippen molar-refractivity contribution in [3.63, 3.8) is 0 Å². The van der Waals surface area contributed by atoms with E-state index in [-0.39, 0.29) is 12.2 Å². The predicted octanol–water partition coefficient (Wildman–Crippen LogP) is 2.56. The van der Waals surface area contributed by atoms with E-state index in [1.807, 2.05) is 44.2 Å². The molecule has 1 N–H and O–H groups in total. The van der Waals surface area contributed by atoms with Crippen LogP contribution in [0.15, 0.2) is 30.3 Å². The largest absolute Gasteiger partial charge is 0.493 e. The quantitative estimate of drug-likeness (QED) is 0.801. The molecule has 0 aliphatic carbocycles. The van der Waals surface area contributed by atoms with Crippen LogP contribution in [0.2, 0.25) is 0 Å². The van der Waals surface area contributed by atoms with Gasteiger partial charge in [-0.3, -0.25) is 0 Å². The van der Waals surface area contributed by atoms with Crippen molar-refractivity contribution in [2.45, 2.75) is 38.9 Å². The molecule has 0 saturated carbocycles. The van der Waals surface area contributed by atoms with Crippen molar-refractivity contribution < 1.29 is 14.6 Å². The molecule has 2 rings (SSSR count). The first-order chi connectivity index (χ1) is 10.6. The molecule has 0 aromatic heterocycles. The Balaban J connectivity index is 1.61. The summed E-state index contributed by atoms with van der Waals surface area (Å²) < 4.78 is 11.3. The lowest BCUT2D eigenvalue weighted by atomic mass is 9.97. The molecule has 1 aliphatic heterocycles. The first kappa shape index (κ1) is 17.3. The Morgan fingerprint density at radius 1 is 1.18 bits per heavy atom. The molecule has 1 aromatic rings. The van der Waals surface area contributed by atoms with E-state index >= 15 is 0 Å². The van der Waals surface area contributed by atoms with E-state index in [0.717, 1.165) is 38.3 Å². The Kier molecular flexibility index (Phi) is 7.16. The molecule has 0 bridgehead atoms. The van der Waals surface area contributed by atoms with Crippen LogP contribution in [0.4, 0.5) is 0 Å². The maximum absolute atomic E-state index is 9.98. The van der Waals surface area contributed by atoms with Gasteiger partial charge in [0.15, 0.2) is 0 Å². The van der Waals surface area contributed by atoms with Crippen molar-refractivity contribution in [3.05, 3.63) is 30.3 Å². The average Bonchev–Trinajstić information content (AvgIpc) is 2.53. The summed E-state index contributed by atoms with van der Waals surface area (Å²) >= 11 is 0. The van der Waals surface area contributed by atoms with Gasteiger partial charge in [-0.2, -0.15) is 0 Å². The summed E-state index contributed by atoms with van der Waals surface area (Å²) in [6, 6.07) is 10.00. The second kappa shape index (κ2) is 9.13. The third-order valence-corrected chi connectivity index (χ3v) is 4.03. The number of aliphatic hydroxyl groups is 1. The van der Waals surface area contributed by atoms with Gasteiger partial charge in [-0.1, -0.05) is 18.2 Å². The lowest BCUT2D eigenvalue weighted by molar-refractivity contribution is -0.0133. The zero-order valence-corrected chi connectivity index (χ0v) is 13.8. The number of β-amino-alcohol motifs (C(OH)–C–C–N with tert-alkyl or cyclic N) is 1. The normalized spacial score (nSPS) is 18.5. The standard InChI is InChI=1S/C18H29NO3/c1-15(2)21-14-17(20)12-19-10-8-16(9-11-19)13-22-18-6-4-3-5-7-18/h3-7,15-17,20H,8-14H2,1-2H3. The fourth-order valence-electron chi connectivity index (χ4n) is 2.72. The summed E-state index contributed by atoms with van der Waals surface area (Å²) in [6.45, 7) is 7.96. The summed E-state index contributed by atoms with van der Waals surface area (Å²) in [7, 11) is 0. The molecule has 4 nitrogen and oxygen atoms in total. The van der Waals surface area contributed by atoms with E-state index in [0.29, 0.717) is 19.1 Å². The molecule has 0 radical (unpaired) electrons. The van der Waals surface area contributed by atoms with Crippen LogP contribution in [0.1, 0.15) is 26.7 Å². The number of hydrogen-bond donors (Lipinski definition) is 1. The van der Waals surface area contributed by atoms with E-state index in [1.165, 1.54) is 0 Å². The second-order valence-corrected chi connectivity index (χ2v) is 6.40. The summed E-state index contributed by atoms with van der Waals surface area (Å²) in [6.07, 6.45) is 2.05. The summed E-state index contributed by atoms with van der Waals surface area (Å²) in [5.74, 6) is 1.56. The Bertz CT molecular complexity index is 402. The number of aliphatic hydroxyl groups excluding tert-OH is 1. The van der Waals surface area contributed by atoms with Crippen LogP contribution in [0.3, 0.4) is 0 Å². The van der Waals surface area contributed by atoms with Gasteiger partial charge >= 0.3 is 0 Å². The van der Waals surface area contributed by atoms with Crippen LogP contribution in [0, 0.1) is 5.92 Å². The number of benzene rings is 1. The molecule has 1 fully saturated rings. The number of para-hydroxylation sites is 1. The Labute approximate surface area is 134 Å². The van der Waals surface area contributed by atoms with E-state index < -0.39 is 0 Å². The van der Waals surface area contributed by atoms with Crippen LogP contribution in [0.5, 0.6) is 5.75 Å². The molecule has 1 unspecified atom stereocenters. The highest BCUT2D eigenvalue weighted by atomic mass is 16.5. The Morgan fingerprint density at radius 3 is 2.50 bits per heavy atom. The fourth-order valence-corrected chi connectivity index (χ4v) is 2.72. The SMILES string of the molecule is CC(C)OCC(O)CN1CCC(COc2ccccc2)CC1. The molecular weight excluding hydrogens is 278 g/mol. The van der Waals surface area contributed by atoms with E-state index in [1.54, 1.807) is 0 Å². The lowest BCUT2D eigenvalue weighted by Gasteiger charge is -2.33. The summed E-state index contributed by atoms with van der Waals surface area (Å²) in [4.78, 5) is 2.33. The number of rotatable bonds is 8. The fraction of sp³-hybridized carbons (Fsp3) is 0.667. The second-order valence-electron chi connectivity index (χ2n) is 6.40. The van der Waals surface area contributed by atoms with Crippen molar-refractivity contribution in [2.75, 3.05) is 32.8 Å². The molecule has 1 aliphatic rings. The van der Waals surface area contributed by atoms with E-state index in [2.05, 4.69) is 4.90 Å². The molecule has 22 heavy (non-hydrogen) atoms. The number of hydrogen-bond acceptors (Lipinski definition) is 4. The van der Waals surface area contributed by atoms with Gasteiger partial charge in [-0.15, -0.1) is 0 Å². The van der Waals surface area contributed by atoms with Gasteiger partial charge in [-0.25, -0.2) is 0 Å². The molecule has 4 heteroatoms. The zero-order valence-electron chi connectivity index (χ0n) is 13.8. The minimum Gasteiger partial charge on any atom is -0.493 e. The monoisotopic (exact) mass is 307 g/mol. The van der Waals surface area contributed by atoms with Crippen LogP contribution in [0.25, 0.3) is 0 Å². The maximum atomic E-state index is 9.98. The van der Waals surface area contributed by atoms with Gasteiger partial charge < -0.3 is 19.5 Å². The van der Waals surface area contributed by atoms with Gasteiger partial charge in [0.1, 0.15) is 5.75 Å². The number of ether oxygens (including phenoxy) is 2. The van der Waals surface area contributed by atoms with Gasteiger partial charge in [0.2, 0.25) is 0 Å². The highest BCUT2D eigenvalue weighted by molar-refractivity contribution is 5.20. The van der Waals surface area contributed by atoms with Crippen molar-refractivity contribution in [1.29, 1.82) is 0 Å². The first-order valence-electron chi connectivity index (χ1n) is 8.33. The highest BCUT2D eigenvalue weighted by Crippen LogP contribution is 2.19. The third kappa shape index (κ3) is 6.34. The smallest absolute Gasteiger partial charge is 0.119 e. The maximum Gasteiger partial charge on any atom is 0.119 e. The molecule has 1 atom stereocenters. The topological polar surface area (TPSA) is 41.9 Å². The minimum atomic E-state index is -0.389. The Morgan fingerprint density at radius 2 is 1.86 bits per heavy atom. The third-order valence-electron chi connectivity index (χ3n) is 4.03. The number of piperidine rings is 1. The van der Waals surface area contributed by atoms with Crippen LogP contribution < -0.4 is 4.74 Å². The van der Waals surface area contributed by atoms with Crippen molar-refractivity contribution >= 4 is 0 Å². The van der Waals surface area contributed by atoms with Crippen molar-refractivity contribution in [3.8, 4) is 5.75 Å². The summed E-state index contributed by atoms with van der Waals surface area (Å²) in [5, 5.41) is 9.98. The first-order valence-corrected chi connectivity index (χ1v) is 8.33. The molecule has 0 amide bonds.